The molecule has 88 valence electrons. The smallest absolute Gasteiger partial charge is 0.127 e. The van der Waals surface area contributed by atoms with E-state index < -0.39 is 0 Å². The summed E-state index contributed by atoms with van der Waals surface area (Å²) in [6, 6.07) is 4.58. The molecule has 3 nitrogen and oxygen atoms in total. The fraction of sp³-hybridized carbons (Fsp3) is 0.538. The van der Waals surface area contributed by atoms with Crippen LogP contribution in [-0.2, 0) is 4.84 Å². The van der Waals surface area contributed by atoms with Crippen LogP contribution in [0, 0.1) is 13.8 Å². The molecule has 1 aromatic rings. The summed E-state index contributed by atoms with van der Waals surface area (Å²) in [7, 11) is 1.66. The predicted molar refractivity (Wildman–Crippen MR) is 63.5 cm³/mol. The van der Waals surface area contributed by atoms with Crippen molar-refractivity contribution in [3.05, 3.63) is 28.8 Å². The second-order valence-electron chi connectivity index (χ2n) is 4.37. The van der Waals surface area contributed by atoms with Gasteiger partial charge in [0.25, 0.3) is 0 Å². The molecule has 0 bridgehead atoms. The van der Waals surface area contributed by atoms with Gasteiger partial charge >= 0.3 is 0 Å². The van der Waals surface area contributed by atoms with Crippen molar-refractivity contribution in [3.63, 3.8) is 0 Å². The lowest BCUT2D eigenvalue weighted by Crippen LogP contribution is -2.19. The Balaban J connectivity index is 2.43. The molecule has 1 atom stereocenters. The molecule has 1 N–H and O–H groups in total. The summed E-state index contributed by atoms with van der Waals surface area (Å²) in [5.41, 5.74) is 6.75. The largest absolute Gasteiger partial charge is 0.493 e. The van der Waals surface area contributed by atoms with Crippen molar-refractivity contribution in [3.8, 4) is 5.75 Å². The molecule has 1 heterocycles. The first-order valence-corrected chi connectivity index (χ1v) is 5.75. The summed E-state index contributed by atoms with van der Waals surface area (Å²) in [6.45, 7) is 5.00. The molecule has 1 aliphatic heterocycles. The van der Waals surface area contributed by atoms with Gasteiger partial charge in [-0.3, -0.25) is 0 Å². The van der Waals surface area contributed by atoms with Gasteiger partial charge in [0, 0.05) is 5.56 Å². The van der Waals surface area contributed by atoms with Crippen molar-refractivity contribution in [2.45, 2.75) is 32.7 Å². The van der Waals surface area contributed by atoms with E-state index in [1.54, 1.807) is 7.11 Å². The van der Waals surface area contributed by atoms with Crippen LogP contribution in [0.1, 0.15) is 35.6 Å². The summed E-state index contributed by atoms with van der Waals surface area (Å²) >= 11 is 0. The van der Waals surface area contributed by atoms with Gasteiger partial charge in [-0.25, -0.2) is 0 Å². The van der Waals surface area contributed by atoms with Crippen molar-refractivity contribution in [1.82, 2.24) is 5.48 Å². The molecule has 16 heavy (non-hydrogen) atoms. The van der Waals surface area contributed by atoms with Crippen molar-refractivity contribution < 1.29 is 9.57 Å². The quantitative estimate of drug-likeness (QED) is 0.779. The summed E-state index contributed by atoms with van der Waals surface area (Å²) < 4.78 is 5.82. The third-order valence-corrected chi connectivity index (χ3v) is 2.97. The van der Waals surface area contributed by atoms with Crippen LogP contribution in [0.2, 0.25) is 0 Å². The molecule has 0 saturated heterocycles. The monoisotopic (exact) mass is 221 g/mol. The average molecular weight is 221 g/mol. The van der Waals surface area contributed by atoms with E-state index in [2.05, 4.69) is 31.5 Å². The maximum atomic E-state index is 5.82. The Labute approximate surface area is 96.7 Å². The van der Waals surface area contributed by atoms with Crippen molar-refractivity contribution >= 4 is 0 Å². The van der Waals surface area contributed by atoms with Gasteiger partial charge in [-0.15, -0.1) is 0 Å². The van der Waals surface area contributed by atoms with Gasteiger partial charge in [0.2, 0.25) is 0 Å². The van der Waals surface area contributed by atoms with Crippen molar-refractivity contribution in [2.24, 2.45) is 0 Å². The maximum absolute atomic E-state index is 5.82. The Morgan fingerprint density at radius 3 is 2.94 bits per heavy atom. The first-order valence-electron chi connectivity index (χ1n) is 5.75. The van der Waals surface area contributed by atoms with Crippen LogP contribution >= 0.6 is 0 Å². The zero-order valence-electron chi connectivity index (χ0n) is 10.2. The molecule has 1 aliphatic rings. The van der Waals surface area contributed by atoms with E-state index in [0.29, 0.717) is 0 Å². The first kappa shape index (κ1) is 11.4. The lowest BCUT2D eigenvalue weighted by molar-refractivity contribution is 0.0579. The molecule has 2 rings (SSSR count). The number of hydroxylamine groups is 1. The van der Waals surface area contributed by atoms with E-state index >= 15 is 0 Å². The van der Waals surface area contributed by atoms with Crippen LogP contribution < -0.4 is 10.2 Å². The number of benzene rings is 1. The zero-order chi connectivity index (χ0) is 11.5. The Morgan fingerprint density at radius 2 is 2.19 bits per heavy atom. The molecular weight excluding hydrogens is 202 g/mol. The minimum Gasteiger partial charge on any atom is -0.493 e. The molecule has 0 radical (unpaired) electrons. The van der Waals surface area contributed by atoms with E-state index in [0.717, 1.165) is 25.2 Å². The van der Waals surface area contributed by atoms with Crippen molar-refractivity contribution in [1.29, 1.82) is 0 Å². The number of nitrogens with one attached hydrogen (secondary N) is 1. The van der Waals surface area contributed by atoms with Crippen LogP contribution in [0.15, 0.2) is 12.1 Å². The van der Waals surface area contributed by atoms with E-state index in [1.807, 2.05) is 0 Å². The molecule has 0 aliphatic carbocycles. The average Bonchev–Trinajstić information content (AvgIpc) is 2.42. The van der Waals surface area contributed by atoms with E-state index in [4.69, 9.17) is 9.57 Å². The van der Waals surface area contributed by atoms with E-state index in [-0.39, 0.29) is 6.04 Å². The Kier molecular flexibility index (Phi) is 3.46. The van der Waals surface area contributed by atoms with Gasteiger partial charge in [-0.2, -0.15) is 5.48 Å². The van der Waals surface area contributed by atoms with E-state index in [1.165, 1.54) is 16.7 Å². The lowest BCUT2D eigenvalue weighted by Gasteiger charge is -2.18. The topological polar surface area (TPSA) is 30.5 Å². The van der Waals surface area contributed by atoms with Crippen molar-refractivity contribution in [2.75, 3.05) is 13.7 Å². The van der Waals surface area contributed by atoms with Crippen LogP contribution in [0.25, 0.3) is 0 Å². The molecule has 0 aromatic heterocycles. The van der Waals surface area contributed by atoms with Gasteiger partial charge in [-0.1, -0.05) is 17.7 Å². The second kappa shape index (κ2) is 4.85. The molecule has 0 amide bonds. The SMILES string of the molecule is CONC1CCCOc2c(C)cc(C)cc21. The highest BCUT2D eigenvalue weighted by atomic mass is 16.6. The van der Waals surface area contributed by atoms with Gasteiger partial charge in [0.1, 0.15) is 5.75 Å². The number of ether oxygens (including phenoxy) is 1. The zero-order valence-corrected chi connectivity index (χ0v) is 10.2. The fourth-order valence-corrected chi connectivity index (χ4v) is 2.33. The predicted octanol–water partition coefficient (Wildman–Crippen LogP) is 2.67. The molecular formula is C13H19NO2. The number of hydrogen-bond acceptors (Lipinski definition) is 3. The van der Waals surface area contributed by atoms with Gasteiger partial charge in [-0.05, 0) is 32.3 Å². The molecule has 3 heteroatoms. The second-order valence-corrected chi connectivity index (χ2v) is 4.37. The Bertz CT molecular complexity index is 376. The fourth-order valence-electron chi connectivity index (χ4n) is 2.33. The lowest BCUT2D eigenvalue weighted by atomic mass is 9.98. The van der Waals surface area contributed by atoms with Crippen LogP contribution in [0.3, 0.4) is 0 Å². The Morgan fingerprint density at radius 1 is 1.38 bits per heavy atom. The standard InChI is InChI=1S/C13H19NO2/c1-9-7-10(2)13-11(8-9)12(14-15-3)5-4-6-16-13/h7-8,12,14H,4-6H2,1-3H3. The van der Waals surface area contributed by atoms with Crippen LogP contribution in [0.4, 0.5) is 0 Å². The molecule has 0 spiro atoms. The summed E-state index contributed by atoms with van der Waals surface area (Å²) in [6.07, 6.45) is 2.10. The van der Waals surface area contributed by atoms with Crippen LogP contribution in [0.5, 0.6) is 5.75 Å². The highest BCUT2D eigenvalue weighted by Gasteiger charge is 2.21. The number of rotatable bonds is 2. The number of hydrogen-bond donors (Lipinski definition) is 1. The van der Waals surface area contributed by atoms with E-state index in [9.17, 15) is 0 Å². The number of fused-ring (bicyclic) bond motifs is 1. The Hall–Kier alpha value is -1.06. The number of aryl methyl sites for hydroxylation is 2. The van der Waals surface area contributed by atoms with Crippen LogP contribution in [-0.4, -0.2) is 13.7 Å². The third kappa shape index (κ3) is 2.20. The summed E-state index contributed by atoms with van der Waals surface area (Å²) in [4.78, 5) is 5.07. The van der Waals surface area contributed by atoms with Gasteiger partial charge < -0.3 is 9.57 Å². The van der Waals surface area contributed by atoms with Gasteiger partial charge in [0.15, 0.2) is 0 Å². The summed E-state index contributed by atoms with van der Waals surface area (Å²) in [5.74, 6) is 1.03. The third-order valence-electron chi connectivity index (χ3n) is 2.97. The highest BCUT2D eigenvalue weighted by Crippen LogP contribution is 2.34. The maximum Gasteiger partial charge on any atom is 0.127 e. The summed E-state index contributed by atoms with van der Waals surface area (Å²) in [5, 5.41) is 0. The minimum atomic E-state index is 0.237. The molecule has 1 unspecified atom stereocenters. The normalized spacial score (nSPS) is 19.8. The highest BCUT2D eigenvalue weighted by molar-refractivity contribution is 5.45. The first-order chi connectivity index (χ1) is 7.72. The van der Waals surface area contributed by atoms with Gasteiger partial charge in [0.05, 0.1) is 19.8 Å². The molecule has 1 aromatic carbocycles. The molecule has 0 fully saturated rings. The molecule has 0 saturated carbocycles. The minimum absolute atomic E-state index is 0.237.